The molecule has 1 aliphatic rings. The molecule has 7 rings (SSSR count). The predicted molar refractivity (Wildman–Crippen MR) is 186 cm³/mol. The number of amides is 1. The number of nitrogens with zero attached hydrogens (tertiary/aromatic N) is 5. The number of H-pyrrole nitrogens is 1. The number of aromatic nitrogens is 5. The maximum absolute atomic E-state index is 14.0. The summed E-state index contributed by atoms with van der Waals surface area (Å²) in [4.78, 5) is 62.7. The molecule has 246 valence electrons. The zero-order chi connectivity index (χ0) is 33.9. The standard InChI is InChI=1S/C37H33N7O5/c1-2-49-35(46)32-31-33(44(41-32)29-10-7-9-26(22-29)24-16-18-38-19-17-24)34(45)43(37(48)40-31)36(47)39-28-14-12-25(13-15-28)30-11-4-3-8-27(30)23-42-20-5-6-21-42/h3-4,7-19,22H,2,5-6,20-21,23H2,1H3,(H,39,47)(H,40,48). The summed E-state index contributed by atoms with van der Waals surface area (Å²) in [6.45, 7) is 4.73. The molecule has 4 heterocycles. The van der Waals surface area contributed by atoms with E-state index in [0.717, 1.165) is 41.9 Å². The van der Waals surface area contributed by atoms with Crippen molar-refractivity contribution in [2.24, 2.45) is 0 Å². The summed E-state index contributed by atoms with van der Waals surface area (Å²) in [7, 11) is 0. The molecule has 1 amide bonds. The van der Waals surface area contributed by atoms with Crippen LogP contribution in [0.5, 0.6) is 0 Å². The average molecular weight is 656 g/mol. The zero-order valence-electron chi connectivity index (χ0n) is 26.8. The van der Waals surface area contributed by atoms with Crippen molar-refractivity contribution in [2.75, 3.05) is 25.0 Å². The van der Waals surface area contributed by atoms with Gasteiger partial charge in [0.2, 0.25) is 0 Å². The first-order chi connectivity index (χ1) is 23.9. The number of carbonyl (C=O) groups excluding carboxylic acids is 2. The van der Waals surface area contributed by atoms with Gasteiger partial charge in [-0.15, -0.1) is 0 Å². The highest BCUT2D eigenvalue weighted by atomic mass is 16.5. The summed E-state index contributed by atoms with van der Waals surface area (Å²) in [6, 6.07) is 25.3. The molecule has 0 spiro atoms. The van der Waals surface area contributed by atoms with Crippen LogP contribution in [0.2, 0.25) is 0 Å². The van der Waals surface area contributed by atoms with Gasteiger partial charge in [-0.25, -0.2) is 19.1 Å². The minimum Gasteiger partial charge on any atom is -0.461 e. The Labute approximate surface area is 280 Å². The van der Waals surface area contributed by atoms with Gasteiger partial charge in [0.05, 0.1) is 12.3 Å². The van der Waals surface area contributed by atoms with Crippen LogP contribution in [-0.4, -0.2) is 60.9 Å². The smallest absolute Gasteiger partial charge is 0.361 e. The normalized spacial score (nSPS) is 13.1. The number of benzene rings is 3. The van der Waals surface area contributed by atoms with Gasteiger partial charge in [-0.3, -0.25) is 14.7 Å². The highest BCUT2D eigenvalue weighted by Gasteiger charge is 2.26. The van der Waals surface area contributed by atoms with Gasteiger partial charge in [-0.05, 0) is 97.1 Å². The summed E-state index contributed by atoms with van der Waals surface area (Å²) in [5.41, 5.74) is 3.23. The van der Waals surface area contributed by atoms with Gasteiger partial charge in [0.1, 0.15) is 5.52 Å². The van der Waals surface area contributed by atoms with Gasteiger partial charge in [0.25, 0.3) is 5.56 Å². The zero-order valence-corrected chi connectivity index (χ0v) is 26.8. The van der Waals surface area contributed by atoms with Gasteiger partial charge in [0.15, 0.2) is 11.2 Å². The molecule has 0 aliphatic carbocycles. The van der Waals surface area contributed by atoms with Crippen LogP contribution in [-0.2, 0) is 11.3 Å². The van der Waals surface area contributed by atoms with Gasteiger partial charge >= 0.3 is 17.7 Å². The Morgan fingerprint density at radius 1 is 0.878 bits per heavy atom. The molecule has 2 N–H and O–H groups in total. The van der Waals surface area contributed by atoms with E-state index in [0.29, 0.717) is 15.9 Å². The summed E-state index contributed by atoms with van der Waals surface area (Å²) in [5.74, 6) is -0.823. The van der Waals surface area contributed by atoms with Crippen molar-refractivity contribution >= 4 is 28.7 Å². The number of pyridine rings is 1. The molecule has 0 unspecified atom stereocenters. The number of anilines is 1. The number of aromatic amines is 1. The SMILES string of the molecule is CCOC(=O)c1nn(-c2cccc(-c3ccncc3)c2)c2c(=O)n(C(=O)Nc3ccc(-c4ccccc4CN4CCCC4)cc3)c(=O)[nH]c12. The molecule has 3 aromatic carbocycles. The summed E-state index contributed by atoms with van der Waals surface area (Å²) < 4.78 is 6.86. The lowest BCUT2D eigenvalue weighted by Gasteiger charge is -2.18. The van der Waals surface area contributed by atoms with E-state index in [-0.39, 0.29) is 23.3 Å². The fourth-order valence-corrected chi connectivity index (χ4v) is 6.20. The lowest BCUT2D eigenvalue weighted by molar-refractivity contribution is 0.0521. The van der Waals surface area contributed by atoms with E-state index >= 15 is 0 Å². The lowest BCUT2D eigenvalue weighted by Crippen LogP contribution is -2.42. The topological polar surface area (TPSA) is 144 Å². The third-order valence-corrected chi connectivity index (χ3v) is 8.56. The number of likely N-dealkylation sites (tertiary alicyclic amines) is 1. The Hall–Kier alpha value is -6.14. The van der Waals surface area contributed by atoms with Gasteiger partial charge in [0, 0.05) is 24.6 Å². The third-order valence-electron chi connectivity index (χ3n) is 8.56. The van der Waals surface area contributed by atoms with Gasteiger partial charge in [-0.1, -0.05) is 48.5 Å². The Kier molecular flexibility index (Phi) is 8.69. The molecule has 1 aliphatic heterocycles. The molecule has 49 heavy (non-hydrogen) atoms. The minimum atomic E-state index is -1.03. The second kappa shape index (κ2) is 13.5. The highest BCUT2D eigenvalue weighted by molar-refractivity contribution is 6.01. The number of esters is 1. The van der Waals surface area contributed by atoms with E-state index in [2.05, 4.69) is 37.4 Å². The Balaban J connectivity index is 1.23. The molecule has 12 heteroatoms. The van der Waals surface area contributed by atoms with E-state index in [9.17, 15) is 19.2 Å². The molecule has 12 nitrogen and oxygen atoms in total. The number of hydrogen-bond donors (Lipinski definition) is 2. The summed E-state index contributed by atoms with van der Waals surface area (Å²) >= 11 is 0. The maximum atomic E-state index is 14.0. The first-order valence-corrected chi connectivity index (χ1v) is 16.1. The minimum absolute atomic E-state index is 0.0528. The van der Waals surface area contributed by atoms with Crippen molar-refractivity contribution in [3.63, 3.8) is 0 Å². The number of nitrogens with one attached hydrogen (secondary N) is 2. The van der Waals surface area contributed by atoms with E-state index < -0.39 is 23.2 Å². The maximum Gasteiger partial charge on any atom is 0.361 e. The van der Waals surface area contributed by atoms with Crippen LogP contribution < -0.4 is 16.6 Å². The van der Waals surface area contributed by atoms with Crippen LogP contribution in [0.25, 0.3) is 39.0 Å². The number of hydrogen-bond acceptors (Lipinski definition) is 8. The fraction of sp³-hybridized carbons (Fsp3) is 0.189. The lowest BCUT2D eigenvalue weighted by atomic mass is 9.99. The monoisotopic (exact) mass is 655 g/mol. The Morgan fingerprint density at radius 3 is 2.39 bits per heavy atom. The number of fused-ring (bicyclic) bond motifs is 1. The largest absolute Gasteiger partial charge is 0.461 e. The molecule has 1 saturated heterocycles. The summed E-state index contributed by atoms with van der Waals surface area (Å²) in [6.07, 6.45) is 5.75. The Morgan fingerprint density at radius 2 is 1.63 bits per heavy atom. The van der Waals surface area contributed by atoms with Crippen LogP contribution >= 0.6 is 0 Å². The van der Waals surface area contributed by atoms with Crippen molar-refractivity contribution in [3.8, 4) is 27.9 Å². The van der Waals surface area contributed by atoms with Crippen LogP contribution in [0.4, 0.5) is 10.5 Å². The first kappa shape index (κ1) is 31.5. The number of carbonyl (C=O) groups is 2. The quantitative estimate of drug-likeness (QED) is 0.206. The van der Waals surface area contributed by atoms with Gasteiger partial charge < -0.3 is 15.0 Å². The second-order valence-corrected chi connectivity index (χ2v) is 11.7. The summed E-state index contributed by atoms with van der Waals surface area (Å²) in [5, 5.41) is 7.05. The highest BCUT2D eigenvalue weighted by Crippen LogP contribution is 2.28. The van der Waals surface area contributed by atoms with Crippen LogP contribution in [0, 0.1) is 0 Å². The van der Waals surface area contributed by atoms with E-state index in [1.807, 2.05) is 42.5 Å². The van der Waals surface area contributed by atoms with Crippen molar-refractivity contribution in [3.05, 3.63) is 129 Å². The van der Waals surface area contributed by atoms with Crippen molar-refractivity contribution in [2.45, 2.75) is 26.3 Å². The molecule has 6 aromatic rings. The van der Waals surface area contributed by atoms with Crippen molar-refractivity contribution in [1.82, 2.24) is 29.2 Å². The van der Waals surface area contributed by atoms with E-state index in [1.54, 1.807) is 49.6 Å². The molecule has 1 fully saturated rings. The second-order valence-electron chi connectivity index (χ2n) is 11.7. The van der Waals surface area contributed by atoms with Crippen LogP contribution in [0.3, 0.4) is 0 Å². The third kappa shape index (κ3) is 6.29. The number of ether oxygens (including phenoxy) is 1. The van der Waals surface area contributed by atoms with Crippen LogP contribution in [0.1, 0.15) is 35.8 Å². The van der Waals surface area contributed by atoms with E-state index in [1.165, 1.54) is 23.1 Å². The fourth-order valence-electron chi connectivity index (χ4n) is 6.20. The molecular formula is C37H33N7O5. The van der Waals surface area contributed by atoms with Crippen LogP contribution in [0.15, 0.2) is 107 Å². The molecule has 3 aromatic heterocycles. The Bertz CT molecular complexity index is 2290. The molecule has 0 radical (unpaired) electrons. The van der Waals surface area contributed by atoms with Gasteiger partial charge in [-0.2, -0.15) is 9.67 Å². The molecule has 0 bridgehead atoms. The molecule has 0 atom stereocenters. The van der Waals surface area contributed by atoms with E-state index in [4.69, 9.17) is 4.74 Å². The molecule has 0 saturated carbocycles. The molecular weight excluding hydrogens is 622 g/mol. The average Bonchev–Trinajstić information content (AvgIpc) is 3.78. The first-order valence-electron chi connectivity index (χ1n) is 16.1. The number of rotatable bonds is 8. The van der Waals surface area contributed by atoms with Crippen molar-refractivity contribution < 1.29 is 14.3 Å². The van der Waals surface area contributed by atoms with Crippen molar-refractivity contribution in [1.29, 1.82) is 0 Å². The predicted octanol–water partition coefficient (Wildman–Crippen LogP) is 5.46.